The summed E-state index contributed by atoms with van der Waals surface area (Å²) in [5.41, 5.74) is 0. The van der Waals surface area contributed by atoms with Gasteiger partial charge in [-0.15, -0.1) is 0 Å². The van der Waals surface area contributed by atoms with Crippen LogP contribution in [0.5, 0.6) is 0 Å². The molecule has 0 aromatic rings. The molecule has 0 amide bonds. The minimum Gasteiger partial charge on any atom is -0.303 e. The fraction of sp³-hybridized carbons (Fsp3) is 1.00. The van der Waals surface area contributed by atoms with E-state index in [2.05, 4.69) is 27.8 Å². The predicted molar refractivity (Wildman–Crippen MR) is 57.9 cm³/mol. The normalized spacial score (nSPS) is 26.0. The van der Waals surface area contributed by atoms with E-state index in [0.29, 0.717) is 0 Å². The predicted octanol–water partition coefficient (Wildman–Crippen LogP) is 2.89. The van der Waals surface area contributed by atoms with Crippen LogP contribution in [0, 0.1) is 5.92 Å². The van der Waals surface area contributed by atoms with Crippen molar-refractivity contribution in [1.82, 2.24) is 4.90 Å². The minimum atomic E-state index is 0.981. The number of alkyl halides is 1. The van der Waals surface area contributed by atoms with Crippen molar-refractivity contribution in [2.24, 2.45) is 5.92 Å². The molecule has 72 valence electrons. The maximum Gasteiger partial charge on any atom is 0.00434 e. The van der Waals surface area contributed by atoms with Crippen LogP contribution in [-0.2, 0) is 0 Å². The number of hydrogen-bond donors (Lipinski definition) is 0. The molecule has 12 heavy (non-hydrogen) atoms. The molecule has 1 aliphatic heterocycles. The van der Waals surface area contributed by atoms with Crippen molar-refractivity contribution in [3.05, 3.63) is 0 Å². The van der Waals surface area contributed by atoms with Gasteiger partial charge in [0.1, 0.15) is 0 Å². The van der Waals surface area contributed by atoms with Crippen molar-refractivity contribution in [2.45, 2.75) is 32.6 Å². The molecular formula is C10H20BrN. The monoisotopic (exact) mass is 233 g/mol. The summed E-state index contributed by atoms with van der Waals surface area (Å²) in [6.07, 6.45) is 5.54. The number of likely N-dealkylation sites (tertiary alicyclic amines) is 1. The number of piperidine rings is 1. The van der Waals surface area contributed by atoms with Crippen molar-refractivity contribution in [3.63, 3.8) is 0 Å². The van der Waals surface area contributed by atoms with Crippen LogP contribution in [0.25, 0.3) is 0 Å². The quantitative estimate of drug-likeness (QED) is 0.676. The Labute approximate surface area is 84.6 Å². The van der Waals surface area contributed by atoms with Gasteiger partial charge in [0.25, 0.3) is 0 Å². The Morgan fingerprint density at radius 2 is 2.33 bits per heavy atom. The average Bonchev–Trinajstić information content (AvgIpc) is 2.15. The maximum absolute atomic E-state index is 3.48. The summed E-state index contributed by atoms with van der Waals surface area (Å²) >= 11 is 3.48. The van der Waals surface area contributed by atoms with Crippen molar-refractivity contribution in [1.29, 1.82) is 0 Å². The van der Waals surface area contributed by atoms with Crippen LogP contribution in [-0.4, -0.2) is 29.9 Å². The summed E-state index contributed by atoms with van der Waals surface area (Å²) in [6.45, 7) is 6.30. The zero-order valence-electron chi connectivity index (χ0n) is 8.06. The second kappa shape index (κ2) is 5.98. The van der Waals surface area contributed by atoms with E-state index in [1.54, 1.807) is 0 Å². The Hall–Kier alpha value is 0.440. The van der Waals surface area contributed by atoms with Crippen LogP contribution < -0.4 is 0 Å². The first-order valence-corrected chi connectivity index (χ1v) is 6.27. The molecule has 0 radical (unpaired) electrons. The molecule has 0 saturated carbocycles. The summed E-state index contributed by atoms with van der Waals surface area (Å²) in [5.74, 6) is 0.981. The molecule has 0 N–H and O–H groups in total. The first-order valence-electron chi connectivity index (χ1n) is 5.15. The van der Waals surface area contributed by atoms with Crippen molar-refractivity contribution in [2.75, 3.05) is 25.0 Å². The molecule has 1 aliphatic rings. The van der Waals surface area contributed by atoms with Crippen LogP contribution in [0.1, 0.15) is 32.6 Å². The number of nitrogens with zero attached hydrogens (tertiary/aromatic N) is 1. The van der Waals surface area contributed by atoms with Crippen LogP contribution in [0.3, 0.4) is 0 Å². The number of halogens is 1. The standard InChI is InChI=1S/C10H20BrN/c1-2-10-5-3-7-12(9-10)8-4-6-11/h10H,2-9H2,1H3. The van der Waals surface area contributed by atoms with Gasteiger partial charge in [-0.05, 0) is 38.3 Å². The summed E-state index contributed by atoms with van der Waals surface area (Å²) < 4.78 is 0. The van der Waals surface area contributed by atoms with E-state index < -0.39 is 0 Å². The first kappa shape index (κ1) is 10.5. The van der Waals surface area contributed by atoms with E-state index in [-0.39, 0.29) is 0 Å². The molecule has 1 heterocycles. The van der Waals surface area contributed by atoms with Crippen molar-refractivity contribution < 1.29 is 0 Å². The van der Waals surface area contributed by atoms with Gasteiger partial charge in [0.05, 0.1) is 0 Å². The molecule has 1 saturated heterocycles. The summed E-state index contributed by atoms with van der Waals surface area (Å²) in [4.78, 5) is 2.62. The molecule has 1 fully saturated rings. The fourth-order valence-corrected chi connectivity index (χ4v) is 2.22. The molecule has 0 bridgehead atoms. The lowest BCUT2D eigenvalue weighted by molar-refractivity contribution is 0.172. The van der Waals surface area contributed by atoms with Gasteiger partial charge in [-0.25, -0.2) is 0 Å². The zero-order valence-corrected chi connectivity index (χ0v) is 9.65. The summed E-state index contributed by atoms with van der Waals surface area (Å²) in [7, 11) is 0. The molecule has 0 aliphatic carbocycles. The fourth-order valence-electron chi connectivity index (χ4n) is 1.97. The molecule has 0 aromatic heterocycles. The van der Waals surface area contributed by atoms with E-state index in [9.17, 15) is 0 Å². The smallest absolute Gasteiger partial charge is 0.00434 e. The first-order chi connectivity index (χ1) is 5.86. The lowest BCUT2D eigenvalue weighted by Crippen LogP contribution is -2.35. The van der Waals surface area contributed by atoms with Gasteiger partial charge >= 0.3 is 0 Å². The average molecular weight is 234 g/mol. The Balaban J connectivity index is 2.16. The molecule has 2 heteroatoms. The van der Waals surface area contributed by atoms with E-state index in [1.165, 1.54) is 45.3 Å². The van der Waals surface area contributed by atoms with Gasteiger partial charge in [-0.3, -0.25) is 0 Å². The Bertz CT molecular complexity index is 116. The third-order valence-corrected chi connectivity index (χ3v) is 3.35. The van der Waals surface area contributed by atoms with Crippen molar-refractivity contribution >= 4 is 15.9 Å². The Morgan fingerprint density at radius 3 is 3.00 bits per heavy atom. The van der Waals surface area contributed by atoms with Crippen LogP contribution in [0.15, 0.2) is 0 Å². The highest BCUT2D eigenvalue weighted by molar-refractivity contribution is 9.09. The summed E-state index contributed by atoms with van der Waals surface area (Å²) in [6, 6.07) is 0. The SMILES string of the molecule is CCC1CCCN(CCCBr)C1. The largest absolute Gasteiger partial charge is 0.303 e. The van der Waals surface area contributed by atoms with Gasteiger partial charge < -0.3 is 4.90 Å². The van der Waals surface area contributed by atoms with Gasteiger partial charge in [-0.1, -0.05) is 29.3 Å². The highest BCUT2D eigenvalue weighted by atomic mass is 79.9. The lowest BCUT2D eigenvalue weighted by Gasteiger charge is -2.31. The number of rotatable bonds is 4. The minimum absolute atomic E-state index is 0.981. The Morgan fingerprint density at radius 1 is 1.50 bits per heavy atom. The third-order valence-electron chi connectivity index (χ3n) is 2.79. The van der Waals surface area contributed by atoms with Crippen LogP contribution >= 0.6 is 15.9 Å². The second-order valence-electron chi connectivity index (χ2n) is 3.76. The van der Waals surface area contributed by atoms with Crippen LogP contribution in [0.4, 0.5) is 0 Å². The van der Waals surface area contributed by atoms with Gasteiger partial charge in [-0.2, -0.15) is 0 Å². The molecule has 1 rings (SSSR count). The molecule has 1 atom stereocenters. The van der Waals surface area contributed by atoms with Gasteiger partial charge in [0, 0.05) is 11.9 Å². The number of hydrogen-bond acceptors (Lipinski definition) is 1. The van der Waals surface area contributed by atoms with Crippen molar-refractivity contribution in [3.8, 4) is 0 Å². The second-order valence-corrected chi connectivity index (χ2v) is 4.55. The lowest BCUT2D eigenvalue weighted by atomic mass is 9.96. The van der Waals surface area contributed by atoms with Gasteiger partial charge in [0.15, 0.2) is 0 Å². The van der Waals surface area contributed by atoms with E-state index in [4.69, 9.17) is 0 Å². The van der Waals surface area contributed by atoms with E-state index in [1.807, 2.05) is 0 Å². The third kappa shape index (κ3) is 3.44. The maximum atomic E-state index is 3.48. The van der Waals surface area contributed by atoms with Gasteiger partial charge in [0.2, 0.25) is 0 Å². The molecular weight excluding hydrogens is 214 g/mol. The highest BCUT2D eigenvalue weighted by Crippen LogP contribution is 2.18. The highest BCUT2D eigenvalue weighted by Gasteiger charge is 2.17. The van der Waals surface area contributed by atoms with E-state index in [0.717, 1.165) is 11.2 Å². The molecule has 1 unspecified atom stereocenters. The topological polar surface area (TPSA) is 3.24 Å². The Kier molecular flexibility index (Phi) is 5.24. The molecule has 0 spiro atoms. The van der Waals surface area contributed by atoms with Crippen LogP contribution in [0.2, 0.25) is 0 Å². The summed E-state index contributed by atoms with van der Waals surface area (Å²) in [5, 5.41) is 1.15. The molecule has 0 aromatic carbocycles. The van der Waals surface area contributed by atoms with E-state index >= 15 is 0 Å². The molecule has 1 nitrogen and oxygen atoms in total. The zero-order chi connectivity index (χ0) is 8.81.